The number of nitriles is 1. The quantitative estimate of drug-likeness (QED) is 0.832. The molecule has 1 aromatic carbocycles. The van der Waals surface area contributed by atoms with Gasteiger partial charge >= 0.3 is 6.61 Å². The van der Waals surface area contributed by atoms with Gasteiger partial charge in [0.05, 0.1) is 12.7 Å². The Morgan fingerprint density at radius 3 is 2.60 bits per heavy atom. The highest BCUT2D eigenvalue weighted by atomic mass is 19.3. The van der Waals surface area contributed by atoms with Crippen LogP contribution >= 0.6 is 0 Å². The van der Waals surface area contributed by atoms with E-state index in [1.165, 1.54) is 24.3 Å². The van der Waals surface area contributed by atoms with Crippen LogP contribution in [0.15, 0.2) is 24.3 Å². The minimum Gasteiger partial charge on any atom is -0.435 e. The first-order valence-corrected chi connectivity index (χ1v) is 6.17. The summed E-state index contributed by atoms with van der Waals surface area (Å²) in [5.41, 5.74) is 0.478. The van der Waals surface area contributed by atoms with Crippen molar-refractivity contribution in [3.63, 3.8) is 0 Å². The van der Waals surface area contributed by atoms with Gasteiger partial charge in [-0.1, -0.05) is 12.1 Å². The van der Waals surface area contributed by atoms with Gasteiger partial charge < -0.3 is 9.47 Å². The number of nitrogens with zero attached hydrogens (tertiary/aromatic N) is 1. The van der Waals surface area contributed by atoms with Gasteiger partial charge in [-0.05, 0) is 24.1 Å². The molecule has 0 bridgehead atoms. The number of halogens is 2. The van der Waals surface area contributed by atoms with Gasteiger partial charge in [-0.15, -0.1) is 0 Å². The molecular formula is C14H13F2NO3. The van der Waals surface area contributed by atoms with E-state index in [0.717, 1.165) is 0 Å². The van der Waals surface area contributed by atoms with Crippen LogP contribution in [-0.4, -0.2) is 25.6 Å². The Labute approximate surface area is 114 Å². The number of carbonyl (C=O) groups is 1. The molecule has 2 atom stereocenters. The van der Waals surface area contributed by atoms with E-state index < -0.39 is 12.5 Å². The maximum absolute atomic E-state index is 12.2. The highest BCUT2D eigenvalue weighted by Gasteiger charge is 2.31. The number of hydrogen-bond acceptors (Lipinski definition) is 4. The van der Waals surface area contributed by atoms with E-state index in [0.29, 0.717) is 25.2 Å². The Kier molecular flexibility index (Phi) is 4.64. The van der Waals surface area contributed by atoms with E-state index in [4.69, 9.17) is 10.00 Å². The zero-order chi connectivity index (χ0) is 14.5. The summed E-state index contributed by atoms with van der Waals surface area (Å²) in [6, 6.07) is 7.52. The van der Waals surface area contributed by atoms with Gasteiger partial charge in [0.2, 0.25) is 0 Å². The lowest BCUT2D eigenvalue weighted by atomic mass is 9.88. The van der Waals surface area contributed by atoms with Crippen molar-refractivity contribution in [2.45, 2.75) is 19.0 Å². The molecule has 1 aliphatic heterocycles. The van der Waals surface area contributed by atoms with Crippen LogP contribution in [0, 0.1) is 17.2 Å². The summed E-state index contributed by atoms with van der Waals surface area (Å²) >= 11 is 0. The highest BCUT2D eigenvalue weighted by molar-refractivity contribution is 5.90. The molecule has 1 aliphatic rings. The Bertz CT molecular complexity index is 504. The molecule has 20 heavy (non-hydrogen) atoms. The van der Waals surface area contributed by atoms with Crippen LogP contribution in [0.2, 0.25) is 0 Å². The smallest absolute Gasteiger partial charge is 0.387 e. The number of benzene rings is 1. The Morgan fingerprint density at radius 1 is 1.40 bits per heavy atom. The van der Waals surface area contributed by atoms with Crippen molar-refractivity contribution in [2.24, 2.45) is 5.92 Å². The van der Waals surface area contributed by atoms with Crippen LogP contribution in [0.5, 0.6) is 5.75 Å². The molecule has 1 heterocycles. The topological polar surface area (TPSA) is 59.3 Å². The Morgan fingerprint density at radius 2 is 2.10 bits per heavy atom. The van der Waals surface area contributed by atoms with Crippen LogP contribution in [-0.2, 0) is 9.53 Å². The lowest BCUT2D eigenvalue weighted by Crippen LogP contribution is -2.21. The summed E-state index contributed by atoms with van der Waals surface area (Å²) in [5, 5.41) is 9.16. The molecule has 4 nitrogen and oxygen atoms in total. The summed E-state index contributed by atoms with van der Waals surface area (Å²) < 4.78 is 33.4. The monoisotopic (exact) mass is 281 g/mol. The molecule has 2 rings (SSSR count). The second-order valence-electron chi connectivity index (χ2n) is 4.47. The molecule has 1 saturated heterocycles. The lowest BCUT2D eigenvalue weighted by molar-refractivity contribution is -0.123. The number of alkyl halides is 2. The summed E-state index contributed by atoms with van der Waals surface area (Å²) in [6.45, 7) is -2.04. The Balaban J connectivity index is 2.11. The molecule has 0 aliphatic carbocycles. The molecule has 1 aromatic rings. The second-order valence-corrected chi connectivity index (χ2v) is 4.47. The van der Waals surface area contributed by atoms with Gasteiger partial charge in [-0.25, -0.2) is 0 Å². The van der Waals surface area contributed by atoms with E-state index in [9.17, 15) is 13.6 Å². The minimum absolute atomic E-state index is 0.00270. The van der Waals surface area contributed by atoms with E-state index in [1.54, 1.807) is 0 Å². The van der Waals surface area contributed by atoms with E-state index in [2.05, 4.69) is 4.74 Å². The molecule has 2 unspecified atom stereocenters. The molecular weight excluding hydrogens is 268 g/mol. The van der Waals surface area contributed by atoms with Crippen molar-refractivity contribution in [3.05, 3.63) is 29.8 Å². The predicted octanol–water partition coefficient (Wildman–Crippen LogP) is 2.50. The number of hydrogen-bond donors (Lipinski definition) is 0. The van der Waals surface area contributed by atoms with Crippen LogP contribution in [0.4, 0.5) is 8.78 Å². The molecule has 6 heteroatoms. The maximum Gasteiger partial charge on any atom is 0.387 e. The van der Waals surface area contributed by atoms with Crippen molar-refractivity contribution in [3.8, 4) is 11.8 Å². The van der Waals surface area contributed by atoms with Crippen molar-refractivity contribution in [2.75, 3.05) is 13.2 Å². The van der Waals surface area contributed by atoms with E-state index >= 15 is 0 Å². The van der Waals surface area contributed by atoms with Gasteiger partial charge in [-0.3, -0.25) is 4.79 Å². The molecule has 0 saturated carbocycles. The lowest BCUT2D eigenvalue weighted by Gasteiger charge is -2.13. The normalized spacial score (nSPS) is 19.6. The zero-order valence-electron chi connectivity index (χ0n) is 10.6. The zero-order valence-corrected chi connectivity index (χ0v) is 10.6. The number of ether oxygens (including phenoxy) is 2. The summed E-state index contributed by atoms with van der Waals surface area (Å²) in [6.07, 6.45) is 0.615. The summed E-state index contributed by atoms with van der Waals surface area (Å²) in [7, 11) is 0. The van der Waals surface area contributed by atoms with Gasteiger partial charge in [-0.2, -0.15) is 14.0 Å². The van der Waals surface area contributed by atoms with Crippen molar-refractivity contribution >= 4 is 5.78 Å². The molecule has 0 radical (unpaired) electrons. The Hall–Kier alpha value is -2.00. The van der Waals surface area contributed by atoms with E-state index in [1.807, 2.05) is 6.07 Å². The first-order valence-electron chi connectivity index (χ1n) is 6.17. The van der Waals surface area contributed by atoms with Crippen LogP contribution in [0.25, 0.3) is 0 Å². The van der Waals surface area contributed by atoms with Crippen molar-refractivity contribution in [1.29, 1.82) is 5.26 Å². The summed E-state index contributed by atoms with van der Waals surface area (Å²) in [5.74, 6) is -1.36. The van der Waals surface area contributed by atoms with Gasteiger partial charge in [0.15, 0.2) is 5.78 Å². The molecule has 0 aromatic heterocycles. The molecule has 0 spiro atoms. The molecule has 0 amide bonds. The third kappa shape index (κ3) is 3.31. The van der Waals surface area contributed by atoms with Gasteiger partial charge in [0.1, 0.15) is 11.7 Å². The van der Waals surface area contributed by atoms with Crippen LogP contribution in [0.3, 0.4) is 0 Å². The second kappa shape index (κ2) is 6.44. The SMILES string of the molecule is N#CC(C(=O)C1CCOC1)c1ccc(OC(F)F)cc1. The third-order valence-corrected chi connectivity index (χ3v) is 3.18. The first-order chi connectivity index (χ1) is 9.61. The standard InChI is InChI=1S/C14H13F2NO3/c15-14(16)20-11-3-1-9(2-4-11)12(7-17)13(18)10-5-6-19-8-10/h1-4,10,12,14H,5-6,8H2. The van der Waals surface area contributed by atoms with Gasteiger partial charge in [0.25, 0.3) is 0 Å². The fourth-order valence-electron chi connectivity index (χ4n) is 2.14. The molecule has 1 fully saturated rings. The first kappa shape index (κ1) is 14.4. The summed E-state index contributed by atoms with van der Waals surface area (Å²) in [4.78, 5) is 12.2. The average Bonchev–Trinajstić information content (AvgIpc) is 2.94. The van der Waals surface area contributed by atoms with Crippen molar-refractivity contribution < 1.29 is 23.0 Å². The molecule has 106 valence electrons. The molecule has 0 N–H and O–H groups in total. The number of ketones is 1. The van der Waals surface area contributed by atoms with Gasteiger partial charge in [0, 0.05) is 12.5 Å². The average molecular weight is 281 g/mol. The number of rotatable bonds is 5. The minimum atomic E-state index is -2.90. The third-order valence-electron chi connectivity index (χ3n) is 3.18. The van der Waals surface area contributed by atoms with Crippen LogP contribution < -0.4 is 4.74 Å². The maximum atomic E-state index is 12.2. The number of Topliss-reactive ketones (excluding diaryl/α,β-unsaturated/α-hetero) is 1. The highest BCUT2D eigenvalue weighted by Crippen LogP contribution is 2.26. The fraction of sp³-hybridized carbons (Fsp3) is 0.429. The fourth-order valence-corrected chi connectivity index (χ4v) is 2.14. The van der Waals surface area contributed by atoms with Crippen LogP contribution in [0.1, 0.15) is 17.9 Å². The predicted molar refractivity (Wildman–Crippen MR) is 65.4 cm³/mol. The largest absolute Gasteiger partial charge is 0.435 e. The van der Waals surface area contributed by atoms with Crippen molar-refractivity contribution in [1.82, 2.24) is 0 Å². The number of carbonyl (C=O) groups excluding carboxylic acids is 1. The van der Waals surface area contributed by atoms with E-state index in [-0.39, 0.29) is 17.5 Å².